The fourth-order valence-corrected chi connectivity index (χ4v) is 4.50. The summed E-state index contributed by atoms with van der Waals surface area (Å²) in [5.41, 5.74) is 0.678. The maximum atomic E-state index is 12.7. The van der Waals surface area contributed by atoms with Crippen molar-refractivity contribution in [2.75, 3.05) is 13.1 Å². The summed E-state index contributed by atoms with van der Waals surface area (Å²) in [6, 6.07) is 2.41. The highest BCUT2D eigenvalue weighted by atomic mass is 32.1. The maximum absolute atomic E-state index is 12.7. The van der Waals surface area contributed by atoms with Gasteiger partial charge in [0.1, 0.15) is 0 Å². The molecule has 0 spiro atoms. The highest BCUT2D eigenvalue weighted by Gasteiger charge is 2.28. The van der Waals surface area contributed by atoms with Crippen LogP contribution in [0.4, 0.5) is 0 Å². The van der Waals surface area contributed by atoms with Crippen molar-refractivity contribution in [3.63, 3.8) is 0 Å². The molecule has 23 heavy (non-hydrogen) atoms. The molecule has 4 nitrogen and oxygen atoms in total. The van der Waals surface area contributed by atoms with E-state index in [0.29, 0.717) is 22.5 Å². The molecule has 2 atom stereocenters. The summed E-state index contributed by atoms with van der Waals surface area (Å²) in [6.45, 7) is 5.91. The lowest BCUT2D eigenvalue weighted by Gasteiger charge is -2.33. The monoisotopic (exact) mass is 334 g/mol. The third kappa shape index (κ3) is 3.44. The molecule has 0 aromatic carbocycles. The lowest BCUT2D eigenvalue weighted by molar-refractivity contribution is 0.0636. The molecule has 0 aliphatic carbocycles. The van der Waals surface area contributed by atoms with Gasteiger partial charge in [-0.25, -0.2) is 0 Å². The van der Waals surface area contributed by atoms with Crippen LogP contribution in [0.15, 0.2) is 11.4 Å². The molecule has 2 aliphatic heterocycles. The Kier molecular flexibility index (Phi) is 5.05. The molecule has 1 aromatic rings. The minimum absolute atomic E-state index is 0.0826. The Bertz CT molecular complexity index is 535. The fourth-order valence-electron chi connectivity index (χ4n) is 3.67. The van der Waals surface area contributed by atoms with E-state index in [1.165, 1.54) is 24.2 Å². The van der Waals surface area contributed by atoms with Gasteiger partial charge in [0, 0.05) is 30.6 Å². The lowest BCUT2D eigenvalue weighted by Crippen LogP contribution is -2.42. The zero-order chi connectivity index (χ0) is 16.4. The first-order valence-corrected chi connectivity index (χ1v) is 9.66. The number of nitrogens with zero attached hydrogens (tertiary/aromatic N) is 2. The van der Waals surface area contributed by atoms with E-state index in [-0.39, 0.29) is 11.8 Å². The number of hydrogen-bond donors (Lipinski definition) is 0. The van der Waals surface area contributed by atoms with Gasteiger partial charge in [-0.15, -0.1) is 11.3 Å². The molecular formula is C18H26N2O2S. The average Bonchev–Trinajstić information content (AvgIpc) is 3.04. The number of amides is 2. The highest BCUT2D eigenvalue weighted by Crippen LogP contribution is 2.25. The summed E-state index contributed by atoms with van der Waals surface area (Å²) in [5.74, 6) is 0.173. The second-order valence-corrected chi connectivity index (χ2v) is 7.80. The molecule has 2 saturated heterocycles. The summed E-state index contributed by atoms with van der Waals surface area (Å²) in [5, 5.41) is 1.85. The number of rotatable bonds is 2. The molecule has 2 fully saturated rings. The van der Waals surface area contributed by atoms with Gasteiger partial charge in [0.2, 0.25) is 0 Å². The molecular weight excluding hydrogens is 308 g/mol. The average molecular weight is 334 g/mol. The molecule has 126 valence electrons. The van der Waals surface area contributed by atoms with Crippen LogP contribution >= 0.6 is 11.3 Å². The summed E-state index contributed by atoms with van der Waals surface area (Å²) < 4.78 is 0. The smallest absolute Gasteiger partial charge is 0.264 e. The van der Waals surface area contributed by atoms with Gasteiger partial charge >= 0.3 is 0 Å². The number of thiophene rings is 1. The number of piperidine rings is 2. The van der Waals surface area contributed by atoms with Crippen LogP contribution in [0.1, 0.15) is 72.4 Å². The second-order valence-electron chi connectivity index (χ2n) is 6.89. The molecule has 0 bridgehead atoms. The Labute approximate surface area is 142 Å². The Morgan fingerprint density at radius 2 is 1.52 bits per heavy atom. The SMILES string of the molecule is C[C@@H]1CCCCN1C(=O)c1csc(C(=O)N2CCCC[C@@H]2C)c1. The molecule has 0 radical (unpaired) electrons. The molecule has 0 saturated carbocycles. The van der Waals surface area contributed by atoms with E-state index in [1.54, 1.807) is 6.07 Å². The van der Waals surface area contributed by atoms with Gasteiger partial charge in [0.15, 0.2) is 0 Å². The summed E-state index contributed by atoms with van der Waals surface area (Å²) in [4.78, 5) is 30.0. The van der Waals surface area contributed by atoms with E-state index in [4.69, 9.17) is 0 Å². The standard InChI is InChI=1S/C18H26N2O2S/c1-13-7-3-5-9-19(13)17(21)15-11-16(23-12-15)18(22)20-10-6-4-8-14(20)2/h11-14H,3-10H2,1-2H3/t13-,14+/m1/s1. The van der Waals surface area contributed by atoms with E-state index >= 15 is 0 Å². The highest BCUT2D eigenvalue weighted by molar-refractivity contribution is 7.12. The van der Waals surface area contributed by atoms with Crippen LogP contribution < -0.4 is 0 Å². The van der Waals surface area contributed by atoms with Crippen molar-refractivity contribution in [2.24, 2.45) is 0 Å². The van der Waals surface area contributed by atoms with Gasteiger partial charge in [0.05, 0.1) is 10.4 Å². The first-order valence-electron chi connectivity index (χ1n) is 8.78. The van der Waals surface area contributed by atoms with Crippen molar-refractivity contribution in [1.82, 2.24) is 9.80 Å². The zero-order valence-electron chi connectivity index (χ0n) is 14.1. The second kappa shape index (κ2) is 7.04. The van der Waals surface area contributed by atoms with E-state index < -0.39 is 0 Å². The molecule has 1 aromatic heterocycles. The van der Waals surface area contributed by atoms with Gasteiger partial charge in [-0.2, -0.15) is 0 Å². The van der Waals surface area contributed by atoms with E-state index in [9.17, 15) is 9.59 Å². The molecule has 0 unspecified atom stereocenters. The van der Waals surface area contributed by atoms with Gasteiger partial charge in [-0.1, -0.05) is 0 Å². The Hall–Kier alpha value is -1.36. The molecule has 2 amide bonds. The fraction of sp³-hybridized carbons (Fsp3) is 0.667. The number of carbonyl (C=O) groups is 2. The van der Waals surface area contributed by atoms with E-state index in [0.717, 1.165) is 38.8 Å². The van der Waals surface area contributed by atoms with Crippen molar-refractivity contribution >= 4 is 23.2 Å². The zero-order valence-corrected chi connectivity index (χ0v) is 14.9. The van der Waals surface area contributed by atoms with E-state index in [1.807, 2.05) is 15.2 Å². The van der Waals surface area contributed by atoms with Crippen molar-refractivity contribution in [1.29, 1.82) is 0 Å². The first kappa shape index (κ1) is 16.5. The predicted octanol–water partition coefficient (Wildman–Crippen LogP) is 3.78. The van der Waals surface area contributed by atoms with Crippen molar-refractivity contribution in [3.8, 4) is 0 Å². The van der Waals surface area contributed by atoms with Crippen LogP contribution in [-0.4, -0.2) is 46.8 Å². The van der Waals surface area contributed by atoms with Crippen molar-refractivity contribution < 1.29 is 9.59 Å². The van der Waals surface area contributed by atoms with Crippen LogP contribution in [-0.2, 0) is 0 Å². The normalized spacial score (nSPS) is 25.5. The summed E-state index contributed by atoms with van der Waals surface area (Å²) >= 11 is 1.41. The largest absolute Gasteiger partial charge is 0.336 e. The van der Waals surface area contributed by atoms with Crippen LogP contribution in [0.5, 0.6) is 0 Å². The van der Waals surface area contributed by atoms with Crippen LogP contribution in [0, 0.1) is 0 Å². The summed E-state index contributed by atoms with van der Waals surface area (Å²) in [7, 11) is 0. The van der Waals surface area contributed by atoms with Crippen LogP contribution in [0.2, 0.25) is 0 Å². The van der Waals surface area contributed by atoms with E-state index in [2.05, 4.69) is 13.8 Å². The van der Waals surface area contributed by atoms with Crippen LogP contribution in [0.25, 0.3) is 0 Å². The third-order valence-corrected chi connectivity index (χ3v) is 6.10. The van der Waals surface area contributed by atoms with Gasteiger partial charge in [-0.3, -0.25) is 9.59 Å². The molecule has 3 heterocycles. The quantitative estimate of drug-likeness (QED) is 0.826. The minimum Gasteiger partial charge on any atom is -0.336 e. The van der Waals surface area contributed by atoms with Gasteiger partial charge in [-0.05, 0) is 58.4 Å². The molecule has 5 heteroatoms. The topological polar surface area (TPSA) is 40.6 Å². The van der Waals surface area contributed by atoms with Crippen molar-refractivity contribution in [2.45, 2.75) is 64.5 Å². The van der Waals surface area contributed by atoms with Crippen LogP contribution in [0.3, 0.4) is 0 Å². The number of carbonyl (C=O) groups excluding carboxylic acids is 2. The lowest BCUT2D eigenvalue weighted by atomic mass is 10.0. The number of likely N-dealkylation sites (tertiary alicyclic amines) is 2. The predicted molar refractivity (Wildman–Crippen MR) is 93.0 cm³/mol. The molecule has 0 N–H and O–H groups in total. The van der Waals surface area contributed by atoms with Gasteiger partial charge < -0.3 is 9.80 Å². The minimum atomic E-state index is 0.0826. The molecule has 3 rings (SSSR count). The van der Waals surface area contributed by atoms with Crippen molar-refractivity contribution in [3.05, 3.63) is 21.9 Å². The Morgan fingerprint density at radius 3 is 2.09 bits per heavy atom. The Balaban J connectivity index is 1.72. The number of hydrogen-bond acceptors (Lipinski definition) is 3. The maximum Gasteiger partial charge on any atom is 0.264 e. The Morgan fingerprint density at radius 1 is 0.957 bits per heavy atom. The summed E-state index contributed by atoms with van der Waals surface area (Å²) in [6.07, 6.45) is 6.72. The first-order chi connectivity index (χ1) is 11.1. The third-order valence-electron chi connectivity index (χ3n) is 5.18. The molecule has 2 aliphatic rings. The van der Waals surface area contributed by atoms with Gasteiger partial charge in [0.25, 0.3) is 11.8 Å².